The van der Waals surface area contributed by atoms with Crippen molar-refractivity contribution in [2.75, 3.05) is 11.9 Å². The van der Waals surface area contributed by atoms with Gasteiger partial charge in [-0.05, 0) is 18.7 Å². The van der Waals surface area contributed by atoms with E-state index in [1.54, 1.807) is 5.51 Å². The Morgan fingerprint density at radius 3 is 2.68 bits per heavy atom. The summed E-state index contributed by atoms with van der Waals surface area (Å²) in [7, 11) is 0. The summed E-state index contributed by atoms with van der Waals surface area (Å²) < 4.78 is 0.890. The van der Waals surface area contributed by atoms with Crippen LogP contribution in [0.4, 0.5) is 5.82 Å². The highest BCUT2D eigenvalue weighted by molar-refractivity contribution is 8.00. The molecule has 0 unspecified atom stereocenters. The summed E-state index contributed by atoms with van der Waals surface area (Å²) in [5.41, 5.74) is 1.64. The van der Waals surface area contributed by atoms with E-state index in [0.29, 0.717) is 0 Å². The number of hydrogen-bond acceptors (Lipinski definition) is 7. The van der Waals surface area contributed by atoms with Crippen molar-refractivity contribution in [2.45, 2.75) is 42.5 Å². The van der Waals surface area contributed by atoms with E-state index in [9.17, 15) is 0 Å². The van der Waals surface area contributed by atoms with E-state index < -0.39 is 0 Å². The Kier molecular flexibility index (Phi) is 4.36. The molecule has 0 aliphatic carbocycles. The van der Waals surface area contributed by atoms with Crippen LogP contribution in [0.25, 0.3) is 0 Å². The molecule has 7 heteroatoms. The molecule has 5 nitrogen and oxygen atoms in total. The largest absolute Gasteiger partial charge is 0.370 e. The monoisotopic (exact) mass is 295 g/mol. The molecule has 102 valence electrons. The van der Waals surface area contributed by atoms with E-state index >= 15 is 0 Å². The molecule has 0 radical (unpaired) electrons. The third-order valence-corrected chi connectivity index (χ3v) is 3.96. The predicted molar refractivity (Wildman–Crippen MR) is 78.9 cm³/mol. The lowest BCUT2D eigenvalue weighted by atomic mass is 9.96. The number of aromatic nitrogens is 4. The first-order valence-corrected chi connectivity index (χ1v) is 7.76. The highest BCUT2D eigenvalue weighted by atomic mass is 32.2. The van der Waals surface area contributed by atoms with Gasteiger partial charge in [-0.1, -0.05) is 32.1 Å². The van der Waals surface area contributed by atoms with Gasteiger partial charge in [0.25, 0.3) is 0 Å². The van der Waals surface area contributed by atoms with Crippen molar-refractivity contribution in [1.29, 1.82) is 0 Å². The SMILES string of the molecule is CCNc1cc(Sc2nncs2)nc(C(C)(C)C)n1. The van der Waals surface area contributed by atoms with Gasteiger partial charge in [0.05, 0.1) is 0 Å². The van der Waals surface area contributed by atoms with Crippen LogP contribution in [0.2, 0.25) is 0 Å². The van der Waals surface area contributed by atoms with Crippen LogP contribution in [0.5, 0.6) is 0 Å². The van der Waals surface area contributed by atoms with E-state index in [0.717, 1.165) is 27.6 Å². The summed E-state index contributed by atoms with van der Waals surface area (Å²) in [5, 5.41) is 12.0. The number of anilines is 1. The van der Waals surface area contributed by atoms with E-state index in [1.165, 1.54) is 23.1 Å². The van der Waals surface area contributed by atoms with Crippen LogP contribution in [0.15, 0.2) is 20.9 Å². The fourth-order valence-electron chi connectivity index (χ4n) is 1.38. The summed E-state index contributed by atoms with van der Waals surface area (Å²) in [6, 6.07) is 1.95. The number of rotatable bonds is 4. The molecular formula is C12H17N5S2. The summed E-state index contributed by atoms with van der Waals surface area (Å²) in [4.78, 5) is 9.17. The molecule has 0 aliphatic rings. The average molecular weight is 295 g/mol. The van der Waals surface area contributed by atoms with Gasteiger partial charge in [0.15, 0.2) is 4.34 Å². The number of nitrogens with one attached hydrogen (secondary N) is 1. The molecule has 0 aromatic carbocycles. The zero-order chi connectivity index (χ0) is 13.9. The summed E-state index contributed by atoms with van der Waals surface area (Å²) >= 11 is 3.03. The molecule has 19 heavy (non-hydrogen) atoms. The van der Waals surface area contributed by atoms with Crippen molar-refractivity contribution < 1.29 is 0 Å². The molecule has 0 saturated carbocycles. The molecule has 2 aromatic rings. The lowest BCUT2D eigenvalue weighted by Gasteiger charge is -2.18. The fourth-order valence-corrected chi connectivity index (χ4v) is 2.81. The number of hydrogen-bond donors (Lipinski definition) is 1. The normalized spacial score (nSPS) is 11.6. The van der Waals surface area contributed by atoms with Crippen molar-refractivity contribution in [3.05, 3.63) is 17.4 Å². The molecule has 0 saturated heterocycles. The lowest BCUT2D eigenvalue weighted by Crippen LogP contribution is -2.17. The third kappa shape index (κ3) is 3.87. The van der Waals surface area contributed by atoms with Gasteiger partial charge in [-0.15, -0.1) is 10.2 Å². The van der Waals surface area contributed by atoms with Crippen molar-refractivity contribution in [1.82, 2.24) is 20.2 Å². The molecule has 0 spiro atoms. The maximum absolute atomic E-state index is 4.61. The molecular weight excluding hydrogens is 278 g/mol. The molecule has 1 N–H and O–H groups in total. The fraction of sp³-hybridized carbons (Fsp3) is 0.500. The van der Waals surface area contributed by atoms with Crippen LogP contribution >= 0.6 is 23.1 Å². The van der Waals surface area contributed by atoms with Crippen molar-refractivity contribution in [3.63, 3.8) is 0 Å². The van der Waals surface area contributed by atoms with Gasteiger partial charge >= 0.3 is 0 Å². The Hall–Kier alpha value is -1.21. The van der Waals surface area contributed by atoms with E-state index in [1.807, 2.05) is 6.07 Å². The Morgan fingerprint density at radius 1 is 1.32 bits per heavy atom. The van der Waals surface area contributed by atoms with Gasteiger partial charge in [0, 0.05) is 18.0 Å². The quantitative estimate of drug-likeness (QED) is 0.874. The van der Waals surface area contributed by atoms with E-state index in [4.69, 9.17) is 0 Å². The minimum atomic E-state index is -0.0815. The first-order valence-electron chi connectivity index (χ1n) is 6.06. The van der Waals surface area contributed by atoms with E-state index in [-0.39, 0.29) is 5.41 Å². The van der Waals surface area contributed by atoms with Gasteiger partial charge in [-0.25, -0.2) is 9.97 Å². The predicted octanol–water partition coefficient (Wildman–Crippen LogP) is 3.21. The standard InChI is InChI=1S/C12H17N5S2/c1-5-13-8-6-9(19-11-17-14-7-18-11)16-10(15-8)12(2,3)4/h6-7H,5H2,1-4H3,(H,13,15,16). The average Bonchev–Trinajstić information content (AvgIpc) is 2.81. The van der Waals surface area contributed by atoms with Crippen LogP contribution in [-0.4, -0.2) is 26.7 Å². The lowest BCUT2D eigenvalue weighted by molar-refractivity contribution is 0.539. The molecule has 2 heterocycles. The van der Waals surface area contributed by atoms with Gasteiger partial charge < -0.3 is 5.32 Å². The molecule has 2 aromatic heterocycles. The maximum atomic E-state index is 4.61. The van der Waals surface area contributed by atoms with Crippen molar-refractivity contribution in [3.8, 4) is 0 Å². The molecule has 0 atom stereocenters. The van der Waals surface area contributed by atoms with Crippen LogP contribution < -0.4 is 5.32 Å². The molecule has 0 aliphatic heterocycles. The second-order valence-corrected chi connectivity index (χ2v) is 7.10. The maximum Gasteiger partial charge on any atom is 0.180 e. The smallest absolute Gasteiger partial charge is 0.180 e. The third-order valence-electron chi connectivity index (χ3n) is 2.26. The Balaban J connectivity index is 2.34. The Morgan fingerprint density at radius 2 is 2.11 bits per heavy atom. The Labute approximate surface area is 121 Å². The van der Waals surface area contributed by atoms with Crippen LogP contribution in [0.3, 0.4) is 0 Å². The topological polar surface area (TPSA) is 63.6 Å². The highest BCUT2D eigenvalue weighted by Gasteiger charge is 2.19. The first-order chi connectivity index (χ1) is 8.99. The van der Waals surface area contributed by atoms with Crippen LogP contribution in [0, 0.1) is 0 Å². The molecule has 0 fully saturated rings. The molecule has 2 rings (SSSR count). The molecule has 0 amide bonds. The van der Waals surface area contributed by atoms with Gasteiger partial charge in [0.2, 0.25) is 0 Å². The summed E-state index contributed by atoms with van der Waals surface area (Å²) in [5.74, 6) is 1.69. The number of nitrogens with zero attached hydrogens (tertiary/aromatic N) is 4. The van der Waals surface area contributed by atoms with Crippen molar-refractivity contribution in [2.24, 2.45) is 0 Å². The first kappa shape index (κ1) is 14.2. The van der Waals surface area contributed by atoms with Gasteiger partial charge in [-0.2, -0.15) is 0 Å². The van der Waals surface area contributed by atoms with Gasteiger partial charge in [-0.3, -0.25) is 0 Å². The second kappa shape index (κ2) is 5.83. The van der Waals surface area contributed by atoms with E-state index in [2.05, 4.69) is 53.2 Å². The van der Waals surface area contributed by atoms with Crippen LogP contribution in [-0.2, 0) is 5.41 Å². The summed E-state index contributed by atoms with van der Waals surface area (Å²) in [6.07, 6.45) is 0. The zero-order valence-electron chi connectivity index (χ0n) is 11.5. The van der Waals surface area contributed by atoms with Crippen LogP contribution in [0.1, 0.15) is 33.5 Å². The minimum absolute atomic E-state index is 0.0815. The highest BCUT2D eigenvalue weighted by Crippen LogP contribution is 2.30. The second-order valence-electron chi connectivity index (χ2n) is 5.00. The summed E-state index contributed by atoms with van der Waals surface area (Å²) in [6.45, 7) is 9.21. The molecule has 0 bridgehead atoms. The Bertz CT molecular complexity index is 534. The minimum Gasteiger partial charge on any atom is -0.370 e. The van der Waals surface area contributed by atoms with Crippen molar-refractivity contribution >= 4 is 28.9 Å². The van der Waals surface area contributed by atoms with Gasteiger partial charge in [0.1, 0.15) is 22.2 Å². The zero-order valence-corrected chi connectivity index (χ0v) is 13.1.